The van der Waals surface area contributed by atoms with Crippen LogP contribution in [0.15, 0.2) is 18.2 Å². The van der Waals surface area contributed by atoms with Gasteiger partial charge in [-0.2, -0.15) is 5.26 Å². The number of aryl methyl sites for hydroxylation is 2. The number of benzene rings is 1. The van der Waals surface area contributed by atoms with Crippen molar-refractivity contribution in [3.8, 4) is 6.07 Å². The number of hydrogen-bond acceptors (Lipinski definition) is 1. The van der Waals surface area contributed by atoms with Gasteiger partial charge < -0.3 is 4.57 Å². The van der Waals surface area contributed by atoms with Gasteiger partial charge in [-0.05, 0) is 36.6 Å². The Morgan fingerprint density at radius 1 is 1.38 bits per heavy atom. The fraction of sp³-hybridized carbons (Fsp3) is 0.357. The van der Waals surface area contributed by atoms with E-state index in [-0.39, 0.29) is 0 Å². The Hall–Kier alpha value is -1.75. The average molecular weight is 212 g/mol. The Balaban J connectivity index is 2.77. The van der Waals surface area contributed by atoms with Crippen molar-refractivity contribution in [2.45, 2.75) is 26.7 Å². The Labute approximate surface area is 96.1 Å². The number of hydrogen-bond donors (Lipinski definition) is 0. The predicted molar refractivity (Wildman–Crippen MR) is 66.4 cm³/mol. The van der Waals surface area contributed by atoms with Crippen molar-refractivity contribution in [3.63, 3.8) is 0 Å². The van der Waals surface area contributed by atoms with Crippen molar-refractivity contribution in [1.82, 2.24) is 4.57 Å². The maximum atomic E-state index is 8.88. The first-order valence-electron chi connectivity index (χ1n) is 5.62. The number of aromatic nitrogens is 1. The summed E-state index contributed by atoms with van der Waals surface area (Å²) in [6, 6.07) is 8.79. The van der Waals surface area contributed by atoms with Gasteiger partial charge in [0.25, 0.3) is 0 Å². The number of nitrogens with zero attached hydrogens (tertiary/aromatic N) is 2. The van der Waals surface area contributed by atoms with Crippen LogP contribution in [0.5, 0.6) is 0 Å². The molecule has 0 fully saturated rings. The van der Waals surface area contributed by atoms with Gasteiger partial charge in [0.1, 0.15) is 0 Å². The van der Waals surface area contributed by atoms with E-state index in [1.807, 2.05) is 0 Å². The molecule has 0 bridgehead atoms. The lowest BCUT2D eigenvalue weighted by Crippen LogP contribution is -1.91. The van der Waals surface area contributed by atoms with Crippen LogP contribution < -0.4 is 0 Å². The second kappa shape index (κ2) is 4.02. The fourth-order valence-electron chi connectivity index (χ4n) is 2.22. The van der Waals surface area contributed by atoms with Crippen molar-refractivity contribution in [3.05, 3.63) is 35.0 Å². The Kier molecular flexibility index (Phi) is 2.70. The summed E-state index contributed by atoms with van der Waals surface area (Å²) in [4.78, 5) is 0. The number of nitriles is 1. The first-order chi connectivity index (χ1) is 7.69. The van der Waals surface area contributed by atoms with Gasteiger partial charge in [0.15, 0.2) is 0 Å². The van der Waals surface area contributed by atoms with Crippen LogP contribution in [0, 0.1) is 18.3 Å². The second-order valence-electron chi connectivity index (χ2n) is 4.16. The van der Waals surface area contributed by atoms with Gasteiger partial charge >= 0.3 is 0 Å². The molecular formula is C14H16N2. The molecule has 0 spiro atoms. The third-order valence-electron chi connectivity index (χ3n) is 3.35. The van der Waals surface area contributed by atoms with E-state index >= 15 is 0 Å². The number of rotatable bonds is 2. The lowest BCUT2D eigenvalue weighted by Gasteiger charge is -1.99. The van der Waals surface area contributed by atoms with E-state index < -0.39 is 0 Å². The van der Waals surface area contributed by atoms with Crippen LogP contribution in [0.25, 0.3) is 10.9 Å². The van der Waals surface area contributed by atoms with Crippen LogP contribution in [-0.4, -0.2) is 4.57 Å². The van der Waals surface area contributed by atoms with E-state index in [9.17, 15) is 0 Å². The van der Waals surface area contributed by atoms with Crippen molar-refractivity contribution in [2.75, 3.05) is 0 Å². The molecule has 0 aliphatic heterocycles. The smallest absolute Gasteiger partial charge is 0.0670 e. The molecule has 2 nitrogen and oxygen atoms in total. The third-order valence-corrected chi connectivity index (χ3v) is 3.35. The highest BCUT2D eigenvalue weighted by Gasteiger charge is 2.11. The summed E-state index contributed by atoms with van der Waals surface area (Å²) >= 11 is 0. The molecular weight excluding hydrogens is 196 g/mol. The Morgan fingerprint density at radius 2 is 2.12 bits per heavy atom. The van der Waals surface area contributed by atoms with Crippen molar-refractivity contribution in [1.29, 1.82) is 5.26 Å². The summed E-state index contributed by atoms with van der Waals surface area (Å²) in [7, 11) is 2.06. The fourth-order valence-corrected chi connectivity index (χ4v) is 2.22. The summed E-state index contributed by atoms with van der Waals surface area (Å²) in [5, 5.41) is 10.1. The quantitative estimate of drug-likeness (QED) is 0.752. The lowest BCUT2D eigenvalue weighted by atomic mass is 10.0. The van der Waals surface area contributed by atoms with Crippen LogP contribution in [0.2, 0.25) is 0 Å². The zero-order valence-corrected chi connectivity index (χ0v) is 10.0. The molecule has 0 amide bonds. The average Bonchev–Trinajstić information content (AvgIpc) is 2.54. The molecule has 2 aromatic rings. The zero-order chi connectivity index (χ0) is 11.7. The van der Waals surface area contributed by atoms with Gasteiger partial charge in [-0.25, -0.2) is 0 Å². The molecule has 82 valence electrons. The molecule has 0 atom stereocenters. The first-order valence-corrected chi connectivity index (χ1v) is 5.62. The van der Waals surface area contributed by atoms with E-state index in [1.165, 1.54) is 27.7 Å². The highest BCUT2D eigenvalue weighted by Crippen LogP contribution is 2.26. The van der Waals surface area contributed by atoms with Crippen molar-refractivity contribution >= 4 is 10.9 Å². The summed E-state index contributed by atoms with van der Waals surface area (Å²) in [6.07, 6.45) is 1.53. The summed E-state index contributed by atoms with van der Waals surface area (Å²) in [5.74, 6) is 0. The minimum atomic E-state index is 0.496. The SMILES string of the molecule is CCc1ccc2c(c1)c(CC#N)c(C)n2C. The molecule has 1 aromatic carbocycles. The van der Waals surface area contributed by atoms with Gasteiger partial charge in [-0.1, -0.05) is 13.0 Å². The van der Waals surface area contributed by atoms with Crippen molar-refractivity contribution in [2.24, 2.45) is 7.05 Å². The molecule has 0 aliphatic carbocycles. The molecule has 0 saturated heterocycles. The van der Waals surface area contributed by atoms with Crippen LogP contribution in [0.3, 0.4) is 0 Å². The van der Waals surface area contributed by atoms with Gasteiger partial charge in [-0.3, -0.25) is 0 Å². The Morgan fingerprint density at radius 3 is 2.75 bits per heavy atom. The van der Waals surface area contributed by atoms with Crippen LogP contribution in [0.1, 0.15) is 23.7 Å². The minimum absolute atomic E-state index is 0.496. The molecule has 0 unspecified atom stereocenters. The van der Waals surface area contributed by atoms with Crippen LogP contribution >= 0.6 is 0 Å². The summed E-state index contributed by atoms with van der Waals surface area (Å²) in [6.45, 7) is 4.24. The minimum Gasteiger partial charge on any atom is -0.348 e. The summed E-state index contributed by atoms with van der Waals surface area (Å²) < 4.78 is 2.17. The maximum absolute atomic E-state index is 8.88. The molecule has 2 heteroatoms. The van der Waals surface area contributed by atoms with Gasteiger partial charge in [0.05, 0.1) is 12.5 Å². The van der Waals surface area contributed by atoms with Gasteiger partial charge in [0, 0.05) is 23.6 Å². The van der Waals surface area contributed by atoms with E-state index in [1.54, 1.807) is 0 Å². The second-order valence-corrected chi connectivity index (χ2v) is 4.16. The highest BCUT2D eigenvalue weighted by molar-refractivity contribution is 5.86. The monoisotopic (exact) mass is 212 g/mol. The highest BCUT2D eigenvalue weighted by atomic mass is 14.9. The topological polar surface area (TPSA) is 28.7 Å². The van der Waals surface area contributed by atoms with Crippen LogP contribution in [0.4, 0.5) is 0 Å². The standard InChI is InChI=1S/C14H16N2/c1-4-11-5-6-14-13(9-11)12(7-8-15)10(2)16(14)3/h5-6,9H,4,7H2,1-3H3. The lowest BCUT2D eigenvalue weighted by molar-refractivity contribution is 0.905. The maximum Gasteiger partial charge on any atom is 0.0670 e. The van der Waals surface area contributed by atoms with E-state index in [4.69, 9.17) is 5.26 Å². The molecule has 0 saturated carbocycles. The van der Waals surface area contributed by atoms with Gasteiger partial charge in [-0.15, -0.1) is 0 Å². The van der Waals surface area contributed by atoms with E-state index in [0.717, 1.165) is 6.42 Å². The third kappa shape index (κ3) is 1.49. The van der Waals surface area contributed by atoms with Crippen molar-refractivity contribution < 1.29 is 0 Å². The van der Waals surface area contributed by atoms with Gasteiger partial charge in [0.2, 0.25) is 0 Å². The largest absolute Gasteiger partial charge is 0.348 e. The normalized spacial score (nSPS) is 10.6. The molecule has 0 radical (unpaired) electrons. The van der Waals surface area contributed by atoms with Crippen LogP contribution in [-0.2, 0) is 19.9 Å². The number of fused-ring (bicyclic) bond motifs is 1. The molecule has 1 heterocycles. The molecule has 1 aromatic heterocycles. The first kappa shape index (κ1) is 10.8. The predicted octanol–water partition coefficient (Wildman–Crippen LogP) is 3.12. The zero-order valence-electron chi connectivity index (χ0n) is 10.0. The van der Waals surface area contributed by atoms with E-state index in [0.29, 0.717) is 6.42 Å². The summed E-state index contributed by atoms with van der Waals surface area (Å²) in [5.41, 5.74) is 4.93. The molecule has 16 heavy (non-hydrogen) atoms. The Bertz CT molecular complexity index is 570. The molecule has 0 aliphatic rings. The van der Waals surface area contributed by atoms with E-state index in [2.05, 4.69) is 49.7 Å². The molecule has 0 N–H and O–H groups in total. The molecule has 2 rings (SSSR count).